The lowest BCUT2D eigenvalue weighted by Crippen LogP contribution is -2.22. The van der Waals surface area contributed by atoms with E-state index in [1.165, 1.54) is 0 Å². The molecule has 0 aliphatic heterocycles. The molecule has 0 aromatic heterocycles. The van der Waals surface area contributed by atoms with Crippen LogP contribution in [0.25, 0.3) is 0 Å². The molecule has 0 spiro atoms. The van der Waals surface area contributed by atoms with E-state index in [1.807, 2.05) is 0 Å². The molecule has 0 heterocycles. The van der Waals surface area contributed by atoms with Crippen LogP contribution in [0.15, 0.2) is 0 Å². The Hall–Kier alpha value is -0.620. The van der Waals surface area contributed by atoms with Crippen molar-refractivity contribution >= 4 is 16.1 Å². The molecule has 0 bridgehead atoms. The Morgan fingerprint density at radius 3 is 2.36 bits per heavy atom. The van der Waals surface area contributed by atoms with Gasteiger partial charge in [-0.3, -0.25) is 4.79 Å². The predicted octanol–water partition coefficient (Wildman–Crippen LogP) is -0.774. The maximum absolute atomic E-state index is 10.6. The minimum absolute atomic E-state index is 0.0902. The minimum Gasteiger partial charge on any atom is -0.346 e. The van der Waals surface area contributed by atoms with E-state index in [4.69, 9.17) is 5.73 Å². The van der Waals surface area contributed by atoms with Gasteiger partial charge in [-0.2, -0.15) is 8.42 Å². The van der Waals surface area contributed by atoms with E-state index < -0.39 is 16.1 Å². The highest BCUT2D eigenvalue weighted by Crippen LogP contribution is 1.94. The van der Waals surface area contributed by atoms with Gasteiger partial charge in [0.15, 0.2) is 0 Å². The number of carbonyl (C=O) groups excluding carboxylic acids is 1. The van der Waals surface area contributed by atoms with Crippen LogP contribution in [0, 0.1) is 0 Å². The first-order valence-corrected chi connectivity index (χ1v) is 4.81. The van der Waals surface area contributed by atoms with Crippen molar-refractivity contribution in [1.29, 1.82) is 0 Å². The molecule has 1 atom stereocenters. The first-order valence-electron chi connectivity index (χ1n) is 2.99. The van der Waals surface area contributed by atoms with Gasteiger partial charge in [0.2, 0.25) is 0 Å². The first kappa shape index (κ1) is 10.4. The largest absolute Gasteiger partial charge is 0.346 e. The highest BCUT2D eigenvalue weighted by molar-refractivity contribution is 7.86. The zero-order valence-electron chi connectivity index (χ0n) is 6.40. The zero-order chi connectivity index (χ0) is 9.07. The van der Waals surface area contributed by atoms with Crippen LogP contribution in [-0.2, 0) is 19.1 Å². The van der Waals surface area contributed by atoms with Gasteiger partial charge in [0.05, 0.1) is 12.7 Å². The summed E-state index contributed by atoms with van der Waals surface area (Å²) in [7, 11) is -3.67. The SMILES string of the molecule is C[C@@H](N)CC(=O)OS(C)(=O)=O. The molecule has 0 aliphatic rings. The van der Waals surface area contributed by atoms with Crippen molar-refractivity contribution in [2.24, 2.45) is 5.73 Å². The van der Waals surface area contributed by atoms with Crippen LogP contribution in [0.2, 0.25) is 0 Å². The van der Waals surface area contributed by atoms with Crippen molar-refractivity contribution in [3.8, 4) is 0 Å². The summed E-state index contributed by atoms with van der Waals surface area (Å²) < 4.78 is 24.7. The molecular formula is C5H11NO4S. The lowest BCUT2D eigenvalue weighted by atomic mass is 10.3. The normalized spacial score (nSPS) is 14.1. The smallest absolute Gasteiger partial charge is 0.323 e. The molecule has 0 aromatic rings. The van der Waals surface area contributed by atoms with Crippen LogP contribution in [0.5, 0.6) is 0 Å². The maximum atomic E-state index is 10.6. The Morgan fingerprint density at radius 2 is 2.09 bits per heavy atom. The number of nitrogens with two attached hydrogens (primary N) is 1. The second kappa shape index (κ2) is 3.68. The fourth-order valence-electron chi connectivity index (χ4n) is 0.466. The molecule has 0 saturated carbocycles. The van der Waals surface area contributed by atoms with Crippen LogP contribution in [0.4, 0.5) is 0 Å². The van der Waals surface area contributed by atoms with Crippen molar-refractivity contribution in [2.75, 3.05) is 6.26 Å². The zero-order valence-corrected chi connectivity index (χ0v) is 7.22. The van der Waals surface area contributed by atoms with E-state index in [2.05, 4.69) is 4.18 Å². The van der Waals surface area contributed by atoms with Crippen LogP contribution in [0.1, 0.15) is 13.3 Å². The average molecular weight is 181 g/mol. The molecule has 0 aromatic carbocycles. The quantitative estimate of drug-likeness (QED) is 0.577. The second-order valence-corrected chi connectivity index (χ2v) is 3.92. The lowest BCUT2D eigenvalue weighted by Gasteiger charge is -2.02. The molecule has 0 saturated heterocycles. The molecule has 66 valence electrons. The van der Waals surface area contributed by atoms with Crippen molar-refractivity contribution in [1.82, 2.24) is 0 Å². The number of rotatable bonds is 3. The standard InChI is InChI=1S/C5H11NO4S/c1-4(6)3-5(7)10-11(2,8)9/h4H,3,6H2,1-2H3/t4-/m1/s1. The van der Waals surface area contributed by atoms with Crippen molar-refractivity contribution in [3.05, 3.63) is 0 Å². The molecule has 0 aliphatic carbocycles. The molecule has 2 N–H and O–H groups in total. The van der Waals surface area contributed by atoms with Crippen LogP contribution >= 0.6 is 0 Å². The second-order valence-electron chi connectivity index (χ2n) is 2.34. The topological polar surface area (TPSA) is 86.5 Å². The van der Waals surface area contributed by atoms with E-state index in [9.17, 15) is 13.2 Å². The summed E-state index contributed by atoms with van der Waals surface area (Å²) in [6.45, 7) is 1.59. The van der Waals surface area contributed by atoms with Crippen molar-refractivity contribution < 1.29 is 17.4 Å². The minimum atomic E-state index is -3.67. The third kappa shape index (κ3) is 7.27. The summed E-state index contributed by atoms with van der Waals surface area (Å²) in [4.78, 5) is 10.6. The Labute approximate surface area is 65.6 Å². The third-order valence-electron chi connectivity index (χ3n) is 0.733. The summed E-state index contributed by atoms with van der Waals surface area (Å²) in [6, 6.07) is -0.385. The van der Waals surface area contributed by atoms with Gasteiger partial charge in [-0.1, -0.05) is 0 Å². The molecule has 0 rings (SSSR count). The Balaban J connectivity index is 3.91. The van der Waals surface area contributed by atoms with Gasteiger partial charge in [-0.05, 0) is 6.92 Å². The average Bonchev–Trinajstić information content (AvgIpc) is 1.53. The molecule has 6 heteroatoms. The van der Waals surface area contributed by atoms with Gasteiger partial charge in [0.1, 0.15) is 0 Å². The van der Waals surface area contributed by atoms with Gasteiger partial charge in [0, 0.05) is 6.04 Å². The summed E-state index contributed by atoms with van der Waals surface area (Å²) in [5.41, 5.74) is 5.22. The third-order valence-corrected chi connectivity index (χ3v) is 1.22. The van der Waals surface area contributed by atoms with E-state index in [0.29, 0.717) is 0 Å². The van der Waals surface area contributed by atoms with E-state index in [0.717, 1.165) is 6.26 Å². The molecule has 0 fully saturated rings. The van der Waals surface area contributed by atoms with Crippen molar-refractivity contribution in [3.63, 3.8) is 0 Å². The summed E-state index contributed by atoms with van der Waals surface area (Å²) in [6.07, 6.45) is 0.721. The molecule has 0 amide bonds. The molecule has 0 unspecified atom stereocenters. The summed E-state index contributed by atoms with van der Waals surface area (Å²) in [5, 5.41) is 0. The number of hydrogen-bond acceptors (Lipinski definition) is 5. The molecule has 5 nitrogen and oxygen atoms in total. The van der Waals surface area contributed by atoms with Gasteiger partial charge in [-0.15, -0.1) is 0 Å². The fourth-order valence-corrected chi connectivity index (χ4v) is 0.871. The lowest BCUT2D eigenvalue weighted by molar-refractivity contribution is -0.134. The van der Waals surface area contributed by atoms with E-state index in [-0.39, 0.29) is 12.5 Å². The summed E-state index contributed by atoms with van der Waals surface area (Å²) >= 11 is 0. The van der Waals surface area contributed by atoms with Crippen molar-refractivity contribution in [2.45, 2.75) is 19.4 Å². The van der Waals surface area contributed by atoms with Crippen LogP contribution in [-0.4, -0.2) is 26.7 Å². The van der Waals surface area contributed by atoms with Crippen LogP contribution in [0.3, 0.4) is 0 Å². The van der Waals surface area contributed by atoms with Crippen LogP contribution < -0.4 is 5.73 Å². The monoisotopic (exact) mass is 181 g/mol. The Bertz CT molecular complexity index is 231. The Kier molecular flexibility index (Phi) is 3.47. The van der Waals surface area contributed by atoms with E-state index >= 15 is 0 Å². The van der Waals surface area contributed by atoms with E-state index in [1.54, 1.807) is 6.92 Å². The number of carbonyl (C=O) groups is 1. The van der Waals surface area contributed by atoms with Gasteiger partial charge >= 0.3 is 16.1 Å². The van der Waals surface area contributed by atoms with Gasteiger partial charge in [-0.25, -0.2) is 0 Å². The highest BCUT2D eigenvalue weighted by Gasteiger charge is 2.12. The van der Waals surface area contributed by atoms with Gasteiger partial charge in [0.25, 0.3) is 0 Å². The molecule has 11 heavy (non-hydrogen) atoms. The van der Waals surface area contributed by atoms with Gasteiger partial charge < -0.3 is 9.92 Å². The first-order chi connectivity index (χ1) is 4.81. The summed E-state index contributed by atoms with van der Waals surface area (Å²) in [5.74, 6) is -0.817. The predicted molar refractivity (Wildman–Crippen MR) is 39.2 cm³/mol. The number of hydrogen-bond donors (Lipinski definition) is 1. The highest BCUT2D eigenvalue weighted by atomic mass is 32.2. The molecule has 0 radical (unpaired) electrons. The molecular weight excluding hydrogens is 170 g/mol. The maximum Gasteiger partial charge on any atom is 0.323 e. The Morgan fingerprint density at radius 1 is 1.64 bits per heavy atom. The fraction of sp³-hybridized carbons (Fsp3) is 0.800.